The van der Waals surface area contributed by atoms with E-state index < -0.39 is 11.6 Å². The molecule has 0 unspecified atom stereocenters. The van der Waals surface area contributed by atoms with Crippen molar-refractivity contribution in [1.29, 1.82) is 5.41 Å². The highest BCUT2D eigenvalue weighted by Crippen LogP contribution is 2.34. The second-order valence-electron chi connectivity index (χ2n) is 6.42. The number of allylic oxidation sites excluding steroid dienone is 1. The Labute approximate surface area is 171 Å². The summed E-state index contributed by atoms with van der Waals surface area (Å²) in [6.45, 7) is 0.306. The van der Waals surface area contributed by atoms with E-state index >= 15 is 0 Å². The fourth-order valence-electron chi connectivity index (χ4n) is 3.10. The average molecular weight is 416 g/mol. The van der Waals surface area contributed by atoms with Crippen LogP contribution in [0.1, 0.15) is 16.7 Å². The van der Waals surface area contributed by atoms with E-state index in [1.807, 2.05) is 0 Å². The molecule has 3 rings (SSSR count). The largest absolute Gasteiger partial charge is 0.494 e. The van der Waals surface area contributed by atoms with Crippen molar-refractivity contribution in [3.8, 4) is 11.5 Å². The highest BCUT2D eigenvalue weighted by Gasteiger charge is 2.21. The van der Waals surface area contributed by atoms with E-state index in [1.54, 1.807) is 24.7 Å². The molecular formula is C21H22F2N4O3. The van der Waals surface area contributed by atoms with Crippen LogP contribution in [-0.4, -0.2) is 48.7 Å². The second kappa shape index (κ2) is 9.36. The van der Waals surface area contributed by atoms with Crippen molar-refractivity contribution in [1.82, 2.24) is 15.3 Å². The van der Waals surface area contributed by atoms with Crippen LogP contribution < -0.4 is 14.8 Å². The summed E-state index contributed by atoms with van der Waals surface area (Å²) in [6.07, 6.45) is 5.94. The van der Waals surface area contributed by atoms with Gasteiger partial charge in [-0.3, -0.25) is 0 Å². The van der Waals surface area contributed by atoms with Crippen LogP contribution in [0.4, 0.5) is 8.78 Å². The number of ether oxygens (including phenoxy) is 2. The van der Waals surface area contributed by atoms with Crippen molar-refractivity contribution in [3.05, 3.63) is 59.1 Å². The van der Waals surface area contributed by atoms with Gasteiger partial charge in [-0.05, 0) is 11.6 Å². The Morgan fingerprint density at radius 3 is 2.53 bits per heavy atom. The second-order valence-corrected chi connectivity index (χ2v) is 6.42. The Bertz CT molecular complexity index is 1070. The highest BCUT2D eigenvalue weighted by molar-refractivity contribution is 6.09. The van der Waals surface area contributed by atoms with Crippen LogP contribution >= 0.6 is 0 Å². The maximum absolute atomic E-state index is 14.8. The molecule has 0 saturated heterocycles. The number of rotatable bonds is 9. The lowest BCUT2D eigenvalue weighted by Gasteiger charge is -2.12. The molecule has 0 aliphatic carbocycles. The highest BCUT2D eigenvalue weighted by atomic mass is 19.1. The monoisotopic (exact) mass is 416 g/mol. The predicted molar refractivity (Wildman–Crippen MR) is 110 cm³/mol. The summed E-state index contributed by atoms with van der Waals surface area (Å²) in [5.41, 5.74) is 2.19. The minimum absolute atomic E-state index is 0.0395. The Kier molecular flexibility index (Phi) is 6.63. The van der Waals surface area contributed by atoms with Gasteiger partial charge >= 0.3 is 0 Å². The van der Waals surface area contributed by atoms with E-state index in [2.05, 4.69) is 15.3 Å². The molecule has 2 aromatic heterocycles. The van der Waals surface area contributed by atoms with Crippen molar-refractivity contribution in [2.45, 2.75) is 6.42 Å². The van der Waals surface area contributed by atoms with E-state index in [9.17, 15) is 8.78 Å². The first-order valence-electron chi connectivity index (χ1n) is 9.14. The Hall–Kier alpha value is -3.46. The maximum atomic E-state index is 14.8. The number of aliphatic hydroxyl groups is 1. The smallest absolute Gasteiger partial charge is 0.171 e. The van der Waals surface area contributed by atoms with Crippen LogP contribution in [0.25, 0.3) is 16.6 Å². The normalized spacial score (nSPS) is 11.6. The number of pyridine rings is 1. The molecule has 1 aromatic carbocycles. The van der Waals surface area contributed by atoms with Crippen molar-refractivity contribution in [2.75, 3.05) is 27.4 Å². The van der Waals surface area contributed by atoms with Gasteiger partial charge in [0.25, 0.3) is 0 Å². The molecule has 3 aromatic rings. The van der Waals surface area contributed by atoms with Crippen LogP contribution in [-0.2, 0) is 6.42 Å². The van der Waals surface area contributed by atoms with Crippen LogP contribution in [0.2, 0.25) is 0 Å². The first-order chi connectivity index (χ1) is 14.5. The van der Waals surface area contributed by atoms with E-state index in [-0.39, 0.29) is 30.1 Å². The number of nitrogens with one attached hydrogen (secondary N) is 3. The van der Waals surface area contributed by atoms with Crippen LogP contribution in [0.3, 0.4) is 0 Å². The minimum atomic E-state index is -0.789. The summed E-state index contributed by atoms with van der Waals surface area (Å²) >= 11 is 0. The molecule has 4 N–H and O–H groups in total. The summed E-state index contributed by atoms with van der Waals surface area (Å²) in [6, 6.07) is 2.96. The Balaban J connectivity index is 2.04. The molecule has 7 nitrogen and oxygen atoms in total. The van der Waals surface area contributed by atoms with Crippen molar-refractivity contribution in [3.63, 3.8) is 0 Å². The lowest BCUT2D eigenvalue weighted by Crippen LogP contribution is -2.11. The molecule has 0 aliphatic heterocycles. The molecule has 0 aliphatic rings. The van der Waals surface area contributed by atoms with Crippen molar-refractivity contribution >= 4 is 22.8 Å². The molecule has 0 spiro atoms. The van der Waals surface area contributed by atoms with Crippen molar-refractivity contribution < 1.29 is 23.4 Å². The van der Waals surface area contributed by atoms with Crippen molar-refractivity contribution in [2.24, 2.45) is 0 Å². The zero-order valence-electron chi connectivity index (χ0n) is 16.6. The van der Waals surface area contributed by atoms with Gasteiger partial charge in [-0.1, -0.05) is 0 Å². The third-order valence-corrected chi connectivity index (χ3v) is 4.65. The molecular weight excluding hydrogens is 394 g/mol. The SMILES string of the molecule is COc1cc(OC)c(F)c(Cc2c[nH]c3ncc(/C(C=N)=C/NCCO)cc23)c1F. The fraction of sp³-hybridized carbons (Fsp3) is 0.238. The lowest BCUT2D eigenvalue weighted by molar-refractivity contribution is 0.298. The number of H-pyrrole nitrogens is 1. The van der Waals surface area contributed by atoms with Gasteiger partial charge in [0.05, 0.1) is 20.8 Å². The number of aromatic nitrogens is 2. The standard InChI is InChI=1S/C21H22F2N4O3/c1-29-17-7-18(30-2)20(23)16(19(17)22)6-13-11-27-21-15(13)5-12(10-26-21)14(8-24)9-25-3-4-28/h5,7-11,24-25,28H,3-4,6H2,1-2H3,(H,26,27)/b14-9+,24-8?. The van der Waals surface area contributed by atoms with Crippen LogP contribution in [0.15, 0.2) is 30.7 Å². The van der Waals surface area contributed by atoms with E-state index in [0.717, 1.165) is 6.21 Å². The Morgan fingerprint density at radius 2 is 1.93 bits per heavy atom. The van der Waals surface area contributed by atoms with Gasteiger partial charge in [0.15, 0.2) is 23.1 Å². The molecule has 0 saturated carbocycles. The van der Waals surface area contributed by atoms with E-state index in [4.69, 9.17) is 20.0 Å². The minimum Gasteiger partial charge on any atom is -0.494 e. The molecule has 2 heterocycles. The number of aromatic amines is 1. The quantitative estimate of drug-likeness (QED) is 0.317. The van der Waals surface area contributed by atoms with Crippen LogP contribution in [0.5, 0.6) is 11.5 Å². The average Bonchev–Trinajstić information content (AvgIpc) is 3.16. The molecule has 0 bridgehead atoms. The molecule has 30 heavy (non-hydrogen) atoms. The number of methoxy groups -OCH3 is 2. The molecule has 0 atom stereocenters. The summed E-state index contributed by atoms with van der Waals surface area (Å²) in [5.74, 6) is -1.79. The third-order valence-electron chi connectivity index (χ3n) is 4.65. The van der Waals surface area contributed by atoms with Gasteiger partial charge in [0.2, 0.25) is 0 Å². The van der Waals surface area contributed by atoms with Crippen LogP contribution in [0, 0.1) is 17.0 Å². The number of aliphatic hydroxyl groups excluding tert-OH is 1. The summed E-state index contributed by atoms with van der Waals surface area (Å²) in [5, 5.41) is 20.1. The number of nitrogens with zero attached hydrogens (tertiary/aromatic N) is 1. The Morgan fingerprint density at radius 1 is 1.23 bits per heavy atom. The molecule has 9 heteroatoms. The van der Waals surface area contributed by atoms with E-state index in [0.29, 0.717) is 34.3 Å². The molecule has 0 fully saturated rings. The maximum Gasteiger partial charge on any atom is 0.171 e. The van der Waals surface area contributed by atoms with Gasteiger partial charge in [0, 0.05) is 65.9 Å². The summed E-state index contributed by atoms with van der Waals surface area (Å²) in [7, 11) is 2.61. The van der Waals surface area contributed by atoms with E-state index in [1.165, 1.54) is 20.3 Å². The number of hydrogen-bond acceptors (Lipinski definition) is 6. The number of halogens is 2. The number of fused-ring (bicyclic) bond motifs is 1. The summed E-state index contributed by atoms with van der Waals surface area (Å²) < 4.78 is 39.5. The topological polar surface area (TPSA) is 103 Å². The first kappa shape index (κ1) is 21.3. The summed E-state index contributed by atoms with van der Waals surface area (Å²) in [4.78, 5) is 7.34. The predicted octanol–water partition coefficient (Wildman–Crippen LogP) is 3.02. The van der Waals surface area contributed by atoms with Gasteiger partial charge in [0.1, 0.15) is 5.65 Å². The number of benzene rings is 1. The van der Waals surface area contributed by atoms with Gasteiger partial charge in [-0.2, -0.15) is 0 Å². The third kappa shape index (κ3) is 4.11. The van der Waals surface area contributed by atoms with Gasteiger partial charge < -0.3 is 30.3 Å². The molecule has 0 radical (unpaired) electrons. The first-order valence-corrected chi connectivity index (χ1v) is 9.14. The van der Waals surface area contributed by atoms with Gasteiger partial charge in [-0.15, -0.1) is 0 Å². The number of hydrogen-bond donors (Lipinski definition) is 4. The zero-order valence-corrected chi connectivity index (χ0v) is 16.6. The molecule has 0 amide bonds. The fourth-order valence-corrected chi connectivity index (χ4v) is 3.10. The lowest BCUT2D eigenvalue weighted by atomic mass is 10.0. The molecule has 158 valence electrons. The zero-order chi connectivity index (χ0) is 21.7. The van der Waals surface area contributed by atoms with Gasteiger partial charge in [-0.25, -0.2) is 13.8 Å².